The number of carboxylic acid groups (broad SMARTS) is 1. The van der Waals surface area contributed by atoms with Crippen LogP contribution in [0.1, 0.15) is 36.3 Å². The van der Waals surface area contributed by atoms with E-state index in [4.69, 9.17) is 5.11 Å². The molecule has 1 N–H and O–H groups in total. The molecule has 0 aromatic carbocycles. The molecule has 0 radical (unpaired) electrons. The van der Waals surface area contributed by atoms with Crippen LogP contribution in [-0.2, 0) is 11.8 Å². The number of nitrogens with zero attached hydrogens (tertiary/aromatic N) is 3. The van der Waals surface area contributed by atoms with Crippen molar-refractivity contribution in [2.45, 2.75) is 32.7 Å². The summed E-state index contributed by atoms with van der Waals surface area (Å²) in [5.74, 6) is -1.14. The number of aliphatic carboxylic acids is 1. The number of rotatable bonds is 4. The van der Waals surface area contributed by atoms with E-state index >= 15 is 0 Å². The van der Waals surface area contributed by atoms with E-state index in [1.807, 2.05) is 0 Å². The van der Waals surface area contributed by atoms with Gasteiger partial charge in [0.2, 0.25) is 0 Å². The first-order valence-electron chi connectivity index (χ1n) is 5.65. The fourth-order valence-electron chi connectivity index (χ4n) is 1.65. The Hall–Kier alpha value is -1.85. The van der Waals surface area contributed by atoms with Gasteiger partial charge in [0.15, 0.2) is 0 Å². The van der Waals surface area contributed by atoms with Crippen molar-refractivity contribution >= 4 is 11.9 Å². The monoisotopic (exact) mass is 253 g/mol. The Bertz CT molecular complexity index is 477. The molecule has 0 unspecified atom stereocenters. The molecule has 6 nitrogen and oxygen atoms in total. The smallest absolute Gasteiger partial charge is 0.305 e. The van der Waals surface area contributed by atoms with Crippen molar-refractivity contribution in [3.63, 3.8) is 0 Å². The van der Waals surface area contributed by atoms with Gasteiger partial charge < -0.3 is 10.0 Å². The second-order valence-electron chi connectivity index (χ2n) is 5.01. The van der Waals surface area contributed by atoms with Crippen molar-refractivity contribution < 1.29 is 14.7 Å². The van der Waals surface area contributed by atoms with Gasteiger partial charge in [-0.15, -0.1) is 0 Å². The molecule has 1 rings (SSSR count). The van der Waals surface area contributed by atoms with Crippen molar-refractivity contribution in [3.8, 4) is 0 Å². The summed E-state index contributed by atoms with van der Waals surface area (Å²) in [4.78, 5) is 24.5. The van der Waals surface area contributed by atoms with E-state index in [0.29, 0.717) is 5.56 Å². The van der Waals surface area contributed by atoms with Gasteiger partial charge in [0.25, 0.3) is 5.91 Å². The zero-order valence-electron chi connectivity index (χ0n) is 11.4. The third-order valence-electron chi connectivity index (χ3n) is 3.26. The number of hydrogen-bond acceptors (Lipinski definition) is 3. The summed E-state index contributed by atoms with van der Waals surface area (Å²) in [7, 11) is 3.37. The van der Waals surface area contributed by atoms with Crippen LogP contribution in [0.3, 0.4) is 0 Å². The molecule has 0 fully saturated rings. The fourth-order valence-corrected chi connectivity index (χ4v) is 1.65. The summed E-state index contributed by atoms with van der Waals surface area (Å²) in [6.07, 6.45) is 1.40. The SMILES string of the molecule is Cc1c(C(=O)N(C)C(C)(C)CC(=O)O)cnn1C. The Morgan fingerprint density at radius 1 is 1.50 bits per heavy atom. The molecule has 0 spiro atoms. The third kappa shape index (κ3) is 2.69. The minimum Gasteiger partial charge on any atom is -0.481 e. The molecule has 1 aromatic rings. The molecule has 1 heterocycles. The summed E-state index contributed by atoms with van der Waals surface area (Å²) in [5, 5.41) is 12.9. The topological polar surface area (TPSA) is 75.4 Å². The number of aromatic nitrogens is 2. The Morgan fingerprint density at radius 2 is 2.06 bits per heavy atom. The average Bonchev–Trinajstić information content (AvgIpc) is 2.56. The predicted molar refractivity (Wildman–Crippen MR) is 66.4 cm³/mol. The second-order valence-corrected chi connectivity index (χ2v) is 5.01. The Morgan fingerprint density at radius 3 is 2.44 bits per heavy atom. The van der Waals surface area contributed by atoms with E-state index in [9.17, 15) is 9.59 Å². The van der Waals surface area contributed by atoms with E-state index < -0.39 is 11.5 Å². The normalized spacial score (nSPS) is 11.4. The first-order chi connectivity index (χ1) is 8.16. The molecule has 6 heteroatoms. The van der Waals surface area contributed by atoms with E-state index in [-0.39, 0.29) is 12.3 Å². The molecule has 0 aliphatic rings. The standard InChI is InChI=1S/C12H19N3O3/c1-8-9(7-13-15(8)5)11(18)14(4)12(2,3)6-10(16)17/h7H,6H2,1-5H3,(H,16,17). The van der Waals surface area contributed by atoms with Crippen molar-refractivity contribution in [1.82, 2.24) is 14.7 Å². The summed E-state index contributed by atoms with van der Waals surface area (Å²) in [5.41, 5.74) is 0.516. The fraction of sp³-hybridized carbons (Fsp3) is 0.583. The lowest BCUT2D eigenvalue weighted by Crippen LogP contribution is -2.46. The highest BCUT2D eigenvalue weighted by molar-refractivity contribution is 5.95. The maximum absolute atomic E-state index is 12.3. The van der Waals surface area contributed by atoms with E-state index in [1.54, 1.807) is 39.5 Å². The van der Waals surface area contributed by atoms with Crippen LogP contribution in [0, 0.1) is 6.92 Å². The molecule has 1 amide bonds. The number of carboxylic acids is 1. The largest absolute Gasteiger partial charge is 0.481 e. The van der Waals surface area contributed by atoms with Crippen LogP contribution in [0.4, 0.5) is 0 Å². The predicted octanol–water partition coefficient (Wildman–Crippen LogP) is 1.05. The van der Waals surface area contributed by atoms with Crippen LogP contribution in [-0.4, -0.2) is 44.3 Å². The maximum atomic E-state index is 12.3. The molecule has 0 aliphatic heterocycles. The van der Waals surface area contributed by atoms with Gasteiger partial charge in [0.05, 0.1) is 18.2 Å². The highest BCUT2D eigenvalue weighted by atomic mass is 16.4. The Labute approximate surface area is 106 Å². The molecule has 0 saturated heterocycles. The number of aryl methyl sites for hydroxylation is 1. The zero-order valence-corrected chi connectivity index (χ0v) is 11.4. The van der Waals surface area contributed by atoms with E-state index in [0.717, 1.165) is 5.69 Å². The molecule has 0 aliphatic carbocycles. The third-order valence-corrected chi connectivity index (χ3v) is 3.26. The highest BCUT2D eigenvalue weighted by Gasteiger charge is 2.31. The number of hydrogen-bond donors (Lipinski definition) is 1. The molecule has 0 saturated carbocycles. The van der Waals surface area contributed by atoms with Crippen molar-refractivity contribution in [2.24, 2.45) is 7.05 Å². The van der Waals surface area contributed by atoms with Crippen molar-refractivity contribution in [3.05, 3.63) is 17.5 Å². The van der Waals surface area contributed by atoms with Gasteiger partial charge in [-0.2, -0.15) is 5.10 Å². The lowest BCUT2D eigenvalue weighted by molar-refractivity contribution is -0.139. The van der Waals surface area contributed by atoms with Gasteiger partial charge in [-0.25, -0.2) is 0 Å². The Kier molecular flexibility index (Phi) is 3.79. The lowest BCUT2D eigenvalue weighted by Gasteiger charge is -2.34. The molecule has 1 aromatic heterocycles. The molecule has 0 atom stereocenters. The van der Waals surface area contributed by atoms with Crippen molar-refractivity contribution in [1.29, 1.82) is 0 Å². The Balaban J connectivity index is 2.97. The molecular formula is C12H19N3O3. The summed E-state index contributed by atoms with van der Waals surface area (Å²) < 4.78 is 1.62. The average molecular weight is 253 g/mol. The van der Waals surface area contributed by atoms with Gasteiger partial charge in [0.1, 0.15) is 0 Å². The summed E-state index contributed by atoms with van der Waals surface area (Å²) >= 11 is 0. The van der Waals surface area contributed by atoms with Crippen LogP contribution in [0.15, 0.2) is 6.20 Å². The molecular weight excluding hydrogens is 234 g/mol. The zero-order chi connectivity index (χ0) is 14.1. The van der Waals surface area contributed by atoms with Crippen LogP contribution < -0.4 is 0 Å². The van der Waals surface area contributed by atoms with Gasteiger partial charge in [-0.1, -0.05) is 0 Å². The van der Waals surface area contributed by atoms with Crippen LogP contribution in [0.25, 0.3) is 0 Å². The number of carbonyl (C=O) groups is 2. The van der Waals surface area contributed by atoms with E-state index in [2.05, 4.69) is 5.10 Å². The van der Waals surface area contributed by atoms with Crippen LogP contribution in [0.5, 0.6) is 0 Å². The maximum Gasteiger partial charge on any atom is 0.305 e. The minimum atomic E-state index is -0.928. The summed E-state index contributed by atoms with van der Waals surface area (Å²) in [6, 6.07) is 0. The molecule has 18 heavy (non-hydrogen) atoms. The van der Waals surface area contributed by atoms with Gasteiger partial charge in [-0.3, -0.25) is 14.3 Å². The second kappa shape index (κ2) is 4.80. The van der Waals surface area contributed by atoms with E-state index in [1.165, 1.54) is 11.1 Å². The molecule has 0 bridgehead atoms. The minimum absolute atomic E-state index is 0.103. The first kappa shape index (κ1) is 14.2. The van der Waals surface area contributed by atoms with Crippen LogP contribution in [0.2, 0.25) is 0 Å². The highest BCUT2D eigenvalue weighted by Crippen LogP contribution is 2.20. The number of carbonyl (C=O) groups excluding carboxylic acids is 1. The first-order valence-corrected chi connectivity index (χ1v) is 5.65. The quantitative estimate of drug-likeness (QED) is 0.870. The van der Waals surface area contributed by atoms with Crippen molar-refractivity contribution in [2.75, 3.05) is 7.05 Å². The lowest BCUT2D eigenvalue weighted by atomic mass is 9.98. The van der Waals surface area contributed by atoms with Gasteiger partial charge in [0, 0.05) is 25.3 Å². The summed E-state index contributed by atoms with van der Waals surface area (Å²) in [6.45, 7) is 5.26. The van der Waals surface area contributed by atoms with Gasteiger partial charge >= 0.3 is 5.97 Å². The van der Waals surface area contributed by atoms with Gasteiger partial charge in [-0.05, 0) is 20.8 Å². The van der Waals surface area contributed by atoms with Crippen LogP contribution >= 0.6 is 0 Å². The molecule has 100 valence electrons. The number of amides is 1.